The number of esters is 1. The van der Waals surface area contributed by atoms with Crippen LogP contribution < -0.4 is 5.32 Å². The molecule has 0 amide bonds. The van der Waals surface area contributed by atoms with E-state index in [9.17, 15) is 4.79 Å². The van der Waals surface area contributed by atoms with Crippen LogP contribution in [0.15, 0.2) is 0 Å². The molecule has 1 unspecified atom stereocenters. The summed E-state index contributed by atoms with van der Waals surface area (Å²) in [7, 11) is 1.43. The van der Waals surface area contributed by atoms with Gasteiger partial charge in [-0.3, -0.25) is 4.79 Å². The maximum Gasteiger partial charge on any atom is 0.312 e. The second-order valence-corrected chi connectivity index (χ2v) is 4.79. The van der Waals surface area contributed by atoms with Crippen molar-refractivity contribution in [1.82, 2.24) is 5.32 Å². The van der Waals surface area contributed by atoms with Gasteiger partial charge in [0.15, 0.2) is 0 Å². The molecule has 0 radical (unpaired) electrons. The van der Waals surface area contributed by atoms with Crippen LogP contribution in [-0.2, 0) is 9.53 Å². The second kappa shape index (κ2) is 5.35. The lowest BCUT2D eigenvalue weighted by atomic mass is 9.92. The minimum absolute atomic E-state index is 0.166. The molecule has 0 spiro atoms. The highest BCUT2D eigenvalue weighted by Gasteiger charge is 2.28. The number of hydrogen-bond acceptors (Lipinski definition) is 3. The summed E-state index contributed by atoms with van der Waals surface area (Å²) < 4.78 is 4.73. The van der Waals surface area contributed by atoms with Crippen molar-refractivity contribution >= 4 is 5.97 Å². The van der Waals surface area contributed by atoms with E-state index in [1.807, 2.05) is 13.8 Å². The Morgan fingerprint density at radius 1 is 1.36 bits per heavy atom. The fourth-order valence-electron chi connectivity index (χ4n) is 1.00. The van der Waals surface area contributed by atoms with Gasteiger partial charge in [0, 0.05) is 12.6 Å². The average molecular weight is 201 g/mol. The Hall–Kier alpha value is -0.570. The van der Waals surface area contributed by atoms with E-state index in [0.717, 1.165) is 0 Å². The van der Waals surface area contributed by atoms with Crippen LogP contribution in [0, 0.1) is 11.3 Å². The first-order valence-corrected chi connectivity index (χ1v) is 5.13. The smallest absolute Gasteiger partial charge is 0.312 e. The molecule has 0 bridgehead atoms. The molecule has 1 atom stereocenters. The molecule has 0 aromatic carbocycles. The topological polar surface area (TPSA) is 38.3 Å². The summed E-state index contributed by atoms with van der Waals surface area (Å²) in [6.45, 7) is 10.9. The van der Waals surface area contributed by atoms with Crippen LogP contribution in [0.3, 0.4) is 0 Å². The minimum atomic E-state index is -0.447. The summed E-state index contributed by atoms with van der Waals surface area (Å²) in [6.07, 6.45) is 0. The fraction of sp³-hybridized carbons (Fsp3) is 0.909. The van der Waals surface area contributed by atoms with E-state index < -0.39 is 5.41 Å². The Bertz CT molecular complexity index is 188. The predicted octanol–water partition coefficient (Wildman–Crippen LogP) is 1.82. The third-order valence-electron chi connectivity index (χ3n) is 2.60. The number of carbonyl (C=O) groups is 1. The molecule has 0 saturated heterocycles. The molecule has 1 N–H and O–H groups in total. The molecule has 0 fully saturated rings. The Morgan fingerprint density at radius 2 is 1.86 bits per heavy atom. The van der Waals surface area contributed by atoms with Crippen LogP contribution in [0.5, 0.6) is 0 Å². The molecular formula is C11H23NO2. The molecule has 14 heavy (non-hydrogen) atoms. The summed E-state index contributed by atoms with van der Waals surface area (Å²) in [5, 5.41) is 3.34. The maximum absolute atomic E-state index is 11.4. The van der Waals surface area contributed by atoms with Crippen LogP contribution in [0.25, 0.3) is 0 Å². The van der Waals surface area contributed by atoms with Crippen molar-refractivity contribution in [3.05, 3.63) is 0 Å². The van der Waals surface area contributed by atoms with Gasteiger partial charge < -0.3 is 10.1 Å². The van der Waals surface area contributed by atoms with Gasteiger partial charge in [0.05, 0.1) is 12.5 Å². The summed E-state index contributed by atoms with van der Waals surface area (Å²) in [6, 6.07) is 0.416. The zero-order valence-corrected chi connectivity index (χ0v) is 10.2. The molecule has 84 valence electrons. The van der Waals surface area contributed by atoms with Gasteiger partial charge >= 0.3 is 5.97 Å². The summed E-state index contributed by atoms with van der Waals surface area (Å²) in [5.74, 6) is 0.407. The lowest BCUT2D eigenvalue weighted by Crippen LogP contribution is -2.42. The van der Waals surface area contributed by atoms with Gasteiger partial charge in [-0.25, -0.2) is 0 Å². The molecule has 3 heteroatoms. The van der Waals surface area contributed by atoms with Gasteiger partial charge in [-0.15, -0.1) is 0 Å². The Balaban J connectivity index is 4.05. The average Bonchev–Trinajstić information content (AvgIpc) is 2.12. The Morgan fingerprint density at radius 3 is 2.21 bits per heavy atom. The van der Waals surface area contributed by atoms with Crippen LogP contribution in [0.1, 0.15) is 34.6 Å². The largest absolute Gasteiger partial charge is 0.469 e. The first-order valence-electron chi connectivity index (χ1n) is 5.13. The normalized spacial score (nSPS) is 14.2. The highest BCUT2D eigenvalue weighted by Crippen LogP contribution is 2.16. The maximum atomic E-state index is 11.4. The Labute approximate surface area is 87.2 Å². The van der Waals surface area contributed by atoms with E-state index in [4.69, 9.17) is 4.74 Å². The standard InChI is InChI=1S/C11H23NO2/c1-8(2)9(3)12-7-11(4,5)10(13)14-6/h8-9,12H,7H2,1-6H3. The molecule has 3 nitrogen and oxygen atoms in total. The second-order valence-electron chi connectivity index (χ2n) is 4.79. The molecule has 0 aliphatic rings. The molecule has 0 aromatic rings. The van der Waals surface area contributed by atoms with Crippen molar-refractivity contribution in [3.8, 4) is 0 Å². The van der Waals surface area contributed by atoms with Crippen LogP contribution in [-0.4, -0.2) is 25.7 Å². The predicted molar refractivity (Wildman–Crippen MR) is 58.1 cm³/mol. The van der Waals surface area contributed by atoms with Crippen molar-refractivity contribution < 1.29 is 9.53 Å². The first-order chi connectivity index (χ1) is 6.31. The highest BCUT2D eigenvalue weighted by atomic mass is 16.5. The van der Waals surface area contributed by atoms with Crippen molar-refractivity contribution in [1.29, 1.82) is 0 Å². The number of nitrogens with one attached hydrogen (secondary N) is 1. The molecule has 0 heterocycles. The van der Waals surface area contributed by atoms with Gasteiger partial charge in [0.25, 0.3) is 0 Å². The van der Waals surface area contributed by atoms with Crippen molar-refractivity contribution in [3.63, 3.8) is 0 Å². The van der Waals surface area contributed by atoms with Gasteiger partial charge in [0.2, 0.25) is 0 Å². The molecular weight excluding hydrogens is 178 g/mol. The van der Waals surface area contributed by atoms with Crippen molar-refractivity contribution in [2.75, 3.05) is 13.7 Å². The monoisotopic (exact) mass is 201 g/mol. The number of ether oxygens (including phenoxy) is 1. The molecule has 0 saturated carbocycles. The van der Waals surface area contributed by atoms with Gasteiger partial charge in [-0.2, -0.15) is 0 Å². The minimum Gasteiger partial charge on any atom is -0.469 e. The van der Waals surface area contributed by atoms with E-state index >= 15 is 0 Å². The van der Waals surface area contributed by atoms with Crippen molar-refractivity contribution in [2.45, 2.75) is 40.7 Å². The third-order valence-corrected chi connectivity index (χ3v) is 2.60. The number of carbonyl (C=O) groups excluding carboxylic acids is 1. The van der Waals surface area contributed by atoms with Crippen LogP contribution >= 0.6 is 0 Å². The zero-order valence-electron chi connectivity index (χ0n) is 10.2. The van der Waals surface area contributed by atoms with E-state index in [1.54, 1.807) is 0 Å². The molecule has 0 aromatic heterocycles. The summed E-state index contributed by atoms with van der Waals surface area (Å²) in [4.78, 5) is 11.4. The number of methoxy groups -OCH3 is 1. The highest BCUT2D eigenvalue weighted by molar-refractivity contribution is 5.76. The SMILES string of the molecule is COC(=O)C(C)(C)CNC(C)C(C)C. The molecule has 0 aliphatic carbocycles. The van der Waals surface area contributed by atoms with E-state index in [2.05, 4.69) is 26.1 Å². The molecule has 0 rings (SSSR count). The first kappa shape index (κ1) is 13.4. The third kappa shape index (κ3) is 4.09. The fourth-order valence-corrected chi connectivity index (χ4v) is 1.00. The summed E-state index contributed by atoms with van der Waals surface area (Å²) in [5.41, 5.74) is -0.447. The zero-order chi connectivity index (χ0) is 11.4. The summed E-state index contributed by atoms with van der Waals surface area (Å²) >= 11 is 0. The van der Waals surface area contributed by atoms with E-state index in [0.29, 0.717) is 18.5 Å². The molecule has 0 aliphatic heterocycles. The van der Waals surface area contributed by atoms with E-state index in [1.165, 1.54) is 7.11 Å². The quantitative estimate of drug-likeness (QED) is 0.689. The lowest BCUT2D eigenvalue weighted by Gasteiger charge is -2.26. The lowest BCUT2D eigenvalue weighted by molar-refractivity contribution is -0.150. The van der Waals surface area contributed by atoms with Crippen LogP contribution in [0.2, 0.25) is 0 Å². The van der Waals surface area contributed by atoms with E-state index in [-0.39, 0.29) is 5.97 Å². The number of rotatable bonds is 5. The van der Waals surface area contributed by atoms with Crippen molar-refractivity contribution in [2.24, 2.45) is 11.3 Å². The number of hydrogen-bond donors (Lipinski definition) is 1. The Kier molecular flexibility index (Phi) is 5.13. The van der Waals surface area contributed by atoms with Gasteiger partial charge in [0.1, 0.15) is 0 Å². The van der Waals surface area contributed by atoms with Gasteiger partial charge in [-0.1, -0.05) is 13.8 Å². The van der Waals surface area contributed by atoms with Crippen LogP contribution in [0.4, 0.5) is 0 Å². The van der Waals surface area contributed by atoms with Gasteiger partial charge in [-0.05, 0) is 26.7 Å².